The third-order valence-corrected chi connectivity index (χ3v) is 6.41. The second-order valence-corrected chi connectivity index (χ2v) is 9.44. The number of ether oxygens (including phenoxy) is 1. The van der Waals surface area contributed by atoms with Crippen molar-refractivity contribution in [1.29, 1.82) is 0 Å². The van der Waals surface area contributed by atoms with Crippen LogP contribution in [0.15, 0.2) is 18.2 Å². The molecule has 37 heavy (non-hydrogen) atoms. The fraction of sp³-hybridized carbons (Fsp3) is 0.304. The lowest BCUT2D eigenvalue weighted by Gasteiger charge is -2.45. The topological polar surface area (TPSA) is 152 Å². The van der Waals surface area contributed by atoms with E-state index in [1.807, 2.05) is 0 Å². The molecular formula is C23H22FN4O8P. The molecule has 14 heteroatoms. The van der Waals surface area contributed by atoms with Gasteiger partial charge in [0.1, 0.15) is 18.2 Å². The Morgan fingerprint density at radius 3 is 2.54 bits per heavy atom. The third kappa shape index (κ3) is 5.32. The van der Waals surface area contributed by atoms with Crippen molar-refractivity contribution in [3.05, 3.63) is 57.9 Å². The first kappa shape index (κ1) is 27.7. The molecule has 2 amide bonds. The van der Waals surface area contributed by atoms with Gasteiger partial charge in [-0.25, -0.2) is 13.8 Å². The number of rotatable bonds is 8. The molecule has 0 spiro atoms. The van der Waals surface area contributed by atoms with Gasteiger partial charge in [0.2, 0.25) is 5.69 Å². The van der Waals surface area contributed by atoms with Crippen molar-refractivity contribution in [1.82, 2.24) is 9.47 Å². The molecule has 194 valence electrons. The number of hydrogen-bond donors (Lipinski definition) is 3. The minimum absolute atomic E-state index is 0.0130. The van der Waals surface area contributed by atoms with Crippen molar-refractivity contribution in [2.24, 2.45) is 7.05 Å². The van der Waals surface area contributed by atoms with Crippen LogP contribution in [0.3, 0.4) is 0 Å². The summed E-state index contributed by atoms with van der Waals surface area (Å²) in [5.41, 5.74) is -1.33. The highest BCUT2D eigenvalue weighted by atomic mass is 31.2. The van der Waals surface area contributed by atoms with Gasteiger partial charge in [0.25, 0.3) is 17.6 Å². The normalized spacial score (nSPS) is 14.2. The zero-order chi connectivity index (χ0) is 27.7. The first-order chi connectivity index (χ1) is 17.3. The van der Waals surface area contributed by atoms with Crippen LogP contribution in [0.5, 0.6) is 0 Å². The van der Waals surface area contributed by atoms with E-state index in [1.54, 1.807) is 0 Å². The smallest absolute Gasteiger partial charge is 0.374 e. The summed E-state index contributed by atoms with van der Waals surface area (Å²) in [6.45, 7) is 8.61. The number of carbonyl (C=O) groups is 3. The maximum Gasteiger partial charge on any atom is 0.471 e. The minimum Gasteiger partial charge on any atom is -0.374 e. The maximum absolute atomic E-state index is 13.6. The average Bonchev–Trinajstić information content (AvgIpc) is 3.03. The van der Waals surface area contributed by atoms with Crippen molar-refractivity contribution >= 4 is 36.8 Å². The predicted molar refractivity (Wildman–Crippen MR) is 127 cm³/mol. The number of phosphoric ester groups is 1. The molecule has 2 heterocycles. The Balaban J connectivity index is 1.96. The number of terminal acetylenes is 1. The summed E-state index contributed by atoms with van der Waals surface area (Å²) in [5.74, 6) is -1.41. The van der Waals surface area contributed by atoms with Gasteiger partial charge in [-0.2, -0.15) is 0 Å². The van der Waals surface area contributed by atoms with Crippen LogP contribution in [0.1, 0.15) is 32.1 Å². The summed E-state index contributed by atoms with van der Waals surface area (Å²) < 4.78 is 35.8. The molecule has 2 aromatic rings. The zero-order valence-corrected chi connectivity index (χ0v) is 20.8. The van der Waals surface area contributed by atoms with Gasteiger partial charge < -0.3 is 24.4 Å². The number of benzene rings is 1. The number of anilines is 1. The van der Waals surface area contributed by atoms with Gasteiger partial charge in [-0.3, -0.25) is 23.8 Å². The van der Waals surface area contributed by atoms with E-state index in [0.717, 1.165) is 12.1 Å². The molecule has 0 bridgehead atoms. The van der Waals surface area contributed by atoms with Crippen molar-refractivity contribution in [3.8, 4) is 12.3 Å². The van der Waals surface area contributed by atoms with Crippen LogP contribution in [0.2, 0.25) is 0 Å². The summed E-state index contributed by atoms with van der Waals surface area (Å²) in [7, 11) is -3.53. The molecule has 1 aromatic heterocycles. The summed E-state index contributed by atoms with van der Waals surface area (Å²) in [4.78, 5) is 61.6. The number of aromatic nitrogens is 1. The van der Waals surface area contributed by atoms with Crippen LogP contribution in [-0.2, 0) is 25.7 Å². The van der Waals surface area contributed by atoms with Crippen molar-refractivity contribution in [3.63, 3.8) is 0 Å². The fourth-order valence-electron chi connectivity index (χ4n) is 3.85. The Morgan fingerprint density at radius 1 is 1.38 bits per heavy atom. The Kier molecular flexibility index (Phi) is 7.70. The molecule has 1 aromatic carbocycles. The van der Waals surface area contributed by atoms with E-state index in [2.05, 4.69) is 20.6 Å². The predicted octanol–water partition coefficient (Wildman–Crippen LogP) is 2.06. The molecule has 0 atom stereocenters. The standard InChI is InChI=1S/C23H22FN4O8P/c1-6-23(10-35-11-23)28(12-36-37(32,33)34)22(31)20(29)18-13(2)19(27(5)14(18)3)21(30)26-15-7-8-16(24)17(9-15)25-4/h1,7-9H,10-12H2,2-3,5H3,(H,26,30)(H2,32,33,34). The van der Waals surface area contributed by atoms with Gasteiger partial charge in [-0.15, -0.1) is 6.42 Å². The van der Waals surface area contributed by atoms with Crippen molar-refractivity contribution < 1.29 is 42.4 Å². The SMILES string of the molecule is [C-]#[N+]c1cc(NC(=O)c2c(C)c(C(=O)C(=O)N(COP(=O)(O)O)C3(C#C)COC3)c(C)n2C)ccc1F. The first-order valence-corrected chi connectivity index (χ1v) is 12.1. The van der Waals surface area contributed by atoms with Gasteiger partial charge in [0.05, 0.1) is 25.3 Å². The lowest BCUT2D eigenvalue weighted by Crippen LogP contribution is -2.64. The van der Waals surface area contributed by atoms with Crippen molar-refractivity contribution in [2.75, 3.05) is 25.3 Å². The van der Waals surface area contributed by atoms with Crippen LogP contribution < -0.4 is 5.32 Å². The summed E-state index contributed by atoms with van der Waals surface area (Å²) in [6, 6.07) is 3.45. The first-order valence-electron chi connectivity index (χ1n) is 10.5. The molecule has 1 fully saturated rings. The third-order valence-electron chi connectivity index (χ3n) is 5.96. The number of nitrogens with one attached hydrogen (secondary N) is 1. The minimum atomic E-state index is -5.02. The van der Waals surface area contributed by atoms with Crippen LogP contribution in [-0.4, -0.2) is 62.3 Å². The Bertz CT molecular complexity index is 1430. The second-order valence-electron chi connectivity index (χ2n) is 8.20. The van der Waals surface area contributed by atoms with E-state index in [-0.39, 0.29) is 47.1 Å². The molecule has 0 aliphatic carbocycles. The summed E-state index contributed by atoms with van der Waals surface area (Å²) >= 11 is 0. The maximum atomic E-state index is 13.6. The molecule has 3 rings (SSSR count). The van der Waals surface area contributed by atoms with Gasteiger partial charge >= 0.3 is 7.82 Å². The quantitative estimate of drug-likeness (QED) is 0.117. The number of halogens is 1. The van der Waals surface area contributed by atoms with Gasteiger partial charge in [0.15, 0.2) is 5.54 Å². The Labute approximate surface area is 211 Å². The summed E-state index contributed by atoms with van der Waals surface area (Å²) in [5, 5.41) is 2.54. The number of hydrogen-bond acceptors (Lipinski definition) is 6. The van der Waals surface area contributed by atoms with Gasteiger partial charge in [0, 0.05) is 18.4 Å². The van der Waals surface area contributed by atoms with E-state index in [0.29, 0.717) is 4.90 Å². The molecule has 0 unspecified atom stereocenters. The molecule has 1 aliphatic heterocycles. The highest BCUT2D eigenvalue weighted by Gasteiger charge is 2.48. The fourth-order valence-corrected chi connectivity index (χ4v) is 4.12. The Morgan fingerprint density at radius 2 is 2.03 bits per heavy atom. The number of Topliss-reactive ketones (excluding diaryl/α,β-unsaturated/α-hetero) is 1. The largest absolute Gasteiger partial charge is 0.471 e. The van der Waals surface area contributed by atoms with E-state index in [9.17, 15) is 23.3 Å². The molecule has 0 radical (unpaired) electrons. The van der Waals surface area contributed by atoms with Crippen molar-refractivity contribution in [2.45, 2.75) is 19.4 Å². The van der Waals surface area contributed by atoms with Gasteiger partial charge in [-0.1, -0.05) is 5.92 Å². The Hall–Kier alpha value is -3.84. The highest BCUT2D eigenvalue weighted by Crippen LogP contribution is 2.37. The monoisotopic (exact) mass is 532 g/mol. The highest BCUT2D eigenvalue weighted by molar-refractivity contribution is 7.46. The summed E-state index contributed by atoms with van der Waals surface area (Å²) in [6.07, 6.45) is 5.53. The zero-order valence-electron chi connectivity index (χ0n) is 19.9. The van der Waals surface area contributed by atoms with Crippen LogP contribution in [0.4, 0.5) is 15.8 Å². The number of ketones is 1. The number of phosphoric acid groups is 1. The molecule has 0 saturated carbocycles. The number of amides is 2. The molecular weight excluding hydrogens is 510 g/mol. The van der Waals surface area contributed by atoms with Gasteiger partial charge in [-0.05, 0) is 37.6 Å². The number of nitrogens with zero attached hydrogens (tertiary/aromatic N) is 3. The van der Waals surface area contributed by atoms with Crippen LogP contribution in [0, 0.1) is 38.6 Å². The van der Waals surface area contributed by atoms with E-state index in [1.165, 1.54) is 31.5 Å². The number of carbonyl (C=O) groups excluding carboxylic acids is 3. The molecule has 12 nitrogen and oxygen atoms in total. The van der Waals surface area contributed by atoms with E-state index >= 15 is 0 Å². The lowest BCUT2D eigenvalue weighted by atomic mass is 9.95. The molecule has 1 saturated heterocycles. The van der Waals surface area contributed by atoms with E-state index < -0.39 is 43.5 Å². The lowest BCUT2D eigenvalue weighted by molar-refractivity contribution is -0.158. The molecule has 1 aliphatic rings. The second kappa shape index (κ2) is 10.3. The average molecular weight is 532 g/mol. The van der Waals surface area contributed by atoms with Crippen LogP contribution >= 0.6 is 7.82 Å². The molecule has 3 N–H and O–H groups in total. The van der Waals surface area contributed by atoms with Crippen LogP contribution in [0.25, 0.3) is 4.85 Å². The van der Waals surface area contributed by atoms with E-state index in [4.69, 9.17) is 27.5 Å².